The normalized spacial score (nSPS) is 24.9. The molecule has 0 bridgehead atoms. The Morgan fingerprint density at radius 2 is 2.25 bits per heavy atom. The van der Waals surface area contributed by atoms with Crippen molar-refractivity contribution in [1.82, 2.24) is 5.32 Å². The lowest BCUT2D eigenvalue weighted by molar-refractivity contribution is -0.124. The number of sulfone groups is 1. The molecule has 1 heterocycles. The average molecular weight is 264 g/mol. The molecule has 0 aromatic carbocycles. The van der Waals surface area contributed by atoms with Crippen molar-refractivity contribution in [3.8, 4) is 0 Å². The quantitative estimate of drug-likeness (QED) is 0.675. The van der Waals surface area contributed by atoms with Gasteiger partial charge in [-0.1, -0.05) is 12.2 Å². The largest absolute Gasteiger partial charge is 0.393 e. The van der Waals surface area contributed by atoms with Gasteiger partial charge >= 0.3 is 0 Å². The van der Waals surface area contributed by atoms with Gasteiger partial charge in [-0.2, -0.15) is 0 Å². The van der Waals surface area contributed by atoms with Crippen molar-refractivity contribution in [2.75, 3.05) is 11.5 Å². The van der Waals surface area contributed by atoms with Crippen LogP contribution in [0.2, 0.25) is 0 Å². The second-order valence-corrected chi connectivity index (χ2v) is 6.93. The summed E-state index contributed by atoms with van der Waals surface area (Å²) >= 11 is 4.73. The molecule has 1 fully saturated rings. The van der Waals surface area contributed by atoms with Crippen LogP contribution >= 0.6 is 12.2 Å². The van der Waals surface area contributed by atoms with Crippen LogP contribution in [0.3, 0.4) is 0 Å². The Labute approximate surface area is 101 Å². The molecular weight excluding hydrogens is 248 g/mol. The number of nitrogens with two attached hydrogens (primary N) is 1. The predicted molar refractivity (Wildman–Crippen MR) is 65.8 cm³/mol. The van der Waals surface area contributed by atoms with Crippen LogP contribution in [0.5, 0.6) is 0 Å². The van der Waals surface area contributed by atoms with Crippen molar-refractivity contribution in [3.63, 3.8) is 0 Å². The zero-order valence-electron chi connectivity index (χ0n) is 9.10. The topological polar surface area (TPSA) is 89.3 Å². The third kappa shape index (κ3) is 4.05. The minimum absolute atomic E-state index is 0.0430. The average Bonchev–Trinajstić information content (AvgIpc) is 2.44. The number of carbonyl (C=O) groups excluding carboxylic acids is 1. The highest BCUT2D eigenvalue weighted by atomic mass is 32.2. The van der Waals surface area contributed by atoms with Crippen LogP contribution in [0.4, 0.5) is 0 Å². The first-order valence-electron chi connectivity index (χ1n) is 5.09. The fourth-order valence-electron chi connectivity index (χ4n) is 1.72. The Morgan fingerprint density at radius 3 is 2.69 bits per heavy atom. The van der Waals surface area contributed by atoms with Crippen molar-refractivity contribution in [2.45, 2.75) is 25.8 Å². The summed E-state index contributed by atoms with van der Waals surface area (Å²) in [7, 11) is -3.01. The molecule has 3 N–H and O–H groups in total. The van der Waals surface area contributed by atoms with E-state index in [1.54, 1.807) is 6.92 Å². The Kier molecular flexibility index (Phi) is 4.26. The van der Waals surface area contributed by atoms with E-state index >= 15 is 0 Å². The summed E-state index contributed by atoms with van der Waals surface area (Å²) in [6.07, 6.45) is 0.842. The lowest BCUT2D eigenvalue weighted by Crippen LogP contribution is -2.39. The zero-order chi connectivity index (χ0) is 12.3. The molecule has 5 nitrogen and oxygen atoms in total. The summed E-state index contributed by atoms with van der Waals surface area (Å²) in [6.45, 7) is 1.79. The first-order chi connectivity index (χ1) is 7.30. The first-order valence-corrected chi connectivity index (χ1v) is 7.32. The van der Waals surface area contributed by atoms with Crippen LogP contribution in [0.1, 0.15) is 19.8 Å². The van der Waals surface area contributed by atoms with Gasteiger partial charge < -0.3 is 11.1 Å². The van der Waals surface area contributed by atoms with Crippen molar-refractivity contribution in [2.24, 2.45) is 11.7 Å². The monoisotopic (exact) mass is 264 g/mol. The summed E-state index contributed by atoms with van der Waals surface area (Å²) in [5.74, 6) is -0.573. The van der Waals surface area contributed by atoms with E-state index in [-0.39, 0.29) is 23.5 Å². The Balaban J connectivity index is 2.45. The van der Waals surface area contributed by atoms with E-state index in [1.165, 1.54) is 0 Å². The van der Waals surface area contributed by atoms with Crippen molar-refractivity contribution in [3.05, 3.63) is 0 Å². The van der Waals surface area contributed by atoms with E-state index in [2.05, 4.69) is 5.32 Å². The lowest BCUT2D eigenvalue weighted by Gasteiger charge is -2.15. The van der Waals surface area contributed by atoms with Gasteiger partial charge in [0.2, 0.25) is 5.91 Å². The Bertz CT molecular complexity index is 392. The molecule has 16 heavy (non-hydrogen) atoms. The molecule has 2 atom stereocenters. The molecule has 0 saturated carbocycles. The van der Waals surface area contributed by atoms with E-state index in [0.29, 0.717) is 17.8 Å². The van der Waals surface area contributed by atoms with Gasteiger partial charge in [0.15, 0.2) is 9.84 Å². The molecule has 1 aliphatic heterocycles. The van der Waals surface area contributed by atoms with Crippen molar-refractivity contribution in [1.29, 1.82) is 0 Å². The summed E-state index contributed by atoms with van der Waals surface area (Å²) in [5, 5.41) is 2.72. The first kappa shape index (κ1) is 13.4. The van der Waals surface area contributed by atoms with Crippen molar-refractivity contribution < 1.29 is 13.2 Å². The van der Waals surface area contributed by atoms with Crippen LogP contribution in [0.15, 0.2) is 0 Å². The van der Waals surface area contributed by atoms with Gasteiger partial charge in [-0.15, -0.1) is 0 Å². The maximum atomic E-state index is 11.7. The van der Waals surface area contributed by atoms with E-state index in [4.69, 9.17) is 18.0 Å². The maximum absolute atomic E-state index is 11.7. The molecule has 92 valence electrons. The van der Waals surface area contributed by atoms with Crippen LogP contribution in [0, 0.1) is 5.92 Å². The van der Waals surface area contributed by atoms with E-state index < -0.39 is 15.8 Å². The fraction of sp³-hybridized carbons (Fsp3) is 0.778. The van der Waals surface area contributed by atoms with Gasteiger partial charge in [-0.05, 0) is 13.3 Å². The highest BCUT2D eigenvalue weighted by Crippen LogP contribution is 2.18. The number of amides is 1. The molecule has 2 unspecified atom stereocenters. The fourth-order valence-corrected chi connectivity index (χ4v) is 3.71. The van der Waals surface area contributed by atoms with Gasteiger partial charge in [-0.25, -0.2) is 8.42 Å². The molecule has 1 amide bonds. The molecular formula is C9H16N2O3S2. The molecule has 7 heteroatoms. The third-order valence-electron chi connectivity index (χ3n) is 2.50. The minimum Gasteiger partial charge on any atom is -0.393 e. The molecule has 0 aliphatic carbocycles. The summed E-state index contributed by atoms with van der Waals surface area (Å²) in [6, 6.07) is -0.145. The van der Waals surface area contributed by atoms with Crippen LogP contribution < -0.4 is 11.1 Å². The SMILES string of the molecule is CC(CC(N)=S)NC(=O)C1CCS(=O)(=O)C1. The molecule has 0 radical (unpaired) electrons. The van der Waals surface area contributed by atoms with Crippen LogP contribution in [-0.2, 0) is 14.6 Å². The summed E-state index contributed by atoms with van der Waals surface area (Å²) in [5.41, 5.74) is 5.35. The summed E-state index contributed by atoms with van der Waals surface area (Å²) < 4.78 is 22.4. The number of hydrogen-bond acceptors (Lipinski definition) is 4. The van der Waals surface area contributed by atoms with Crippen LogP contribution in [-0.4, -0.2) is 36.9 Å². The standard InChI is InChI=1S/C9H16N2O3S2/c1-6(4-8(10)15)11-9(12)7-2-3-16(13,14)5-7/h6-7H,2-5H2,1H3,(H2,10,15)(H,11,12). The lowest BCUT2D eigenvalue weighted by atomic mass is 10.1. The summed E-state index contributed by atoms with van der Waals surface area (Å²) in [4.78, 5) is 12.0. The number of hydrogen-bond donors (Lipinski definition) is 2. The Hall–Kier alpha value is -0.690. The predicted octanol–water partition coefficient (Wildman–Crippen LogP) is -0.398. The smallest absolute Gasteiger partial charge is 0.224 e. The molecule has 1 saturated heterocycles. The molecule has 0 spiro atoms. The minimum atomic E-state index is -3.01. The van der Waals surface area contributed by atoms with Crippen molar-refractivity contribution >= 4 is 33.0 Å². The van der Waals surface area contributed by atoms with Gasteiger partial charge in [0.05, 0.1) is 22.4 Å². The highest BCUT2D eigenvalue weighted by Gasteiger charge is 2.33. The van der Waals surface area contributed by atoms with Gasteiger partial charge in [0.1, 0.15) is 0 Å². The van der Waals surface area contributed by atoms with E-state index in [1.807, 2.05) is 0 Å². The molecule has 0 aromatic rings. The zero-order valence-corrected chi connectivity index (χ0v) is 10.7. The van der Waals surface area contributed by atoms with Gasteiger partial charge in [0.25, 0.3) is 0 Å². The molecule has 1 rings (SSSR count). The maximum Gasteiger partial charge on any atom is 0.224 e. The van der Waals surface area contributed by atoms with Gasteiger partial charge in [0, 0.05) is 12.5 Å². The number of thiocarbonyl (C=S) groups is 1. The second-order valence-electron chi connectivity index (χ2n) is 4.18. The van der Waals surface area contributed by atoms with E-state index in [0.717, 1.165) is 0 Å². The second kappa shape index (κ2) is 5.09. The number of rotatable bonds is 4. The molecule has 0 aromatic heterocycles. The highest BCUT2D eigenvalue weighted by molar-refractivity contribution is 7.91. The number of nitrogens with one attached hydrogen (secondary N) is 1. The van der Waals surface area contributed by atoms with E-state index in [9.17, 15) is 13.2 Å². The van der Waals surface area contributed by atoms with Crippen LogP contribution in [0.25, 0.3) is 0 Å². The molecule has 1 aliphatic rings. The third-order valence-corrected chi connectivity index (χ3v) is 4.43. The Morgan fingerprint density at radius 1 is 1.62 bits per heavy atom. The van der Waals surface area contributed by atoms with Gasteiger partial charge in [-0.3, -0.25) is 4.79 Å². The number of carbonyl (C=O) groups is 1.